The molecule has 234 valence electrons. The van der Waals surface area contributed by atoms with Gasteiger partial charge in [0.2, 0.25) is 17.7 Å². The average Bonchev–Trinajstić information content (AvgIpc) is 3.57. The van der Waals surface area contributed by atoms with Crippen LogP contribution in [0.25, 0.3) is 0 Å². The van der Waals surface area contributed by atoms with E-state index in [-0.39, 0.29) is 24.7 Å². The predicted molar refractivity (Wildman–Crippen MR) is 167 cm³/mol. The van der Waals surface area contributed by atoms with E-state index in [0.717, 1.165) is 16.9 Å². The summed E-state index contributed by atoms with van der Waals surface area (Å²) in [6, 6.07) is 15.6. The number of hydrogen-bond donors (Lipinski definition) is 3. The molecule has 2 saturated heterocycles. The third-order valence-corrected chi connectivity index (χ3v) is 8.78. The number of aryl methyl sites for hydroxylation is 1. The molecule has 2 atom stereocenters. The number of anilines is 1. The number of nitrogens with two attached hydrogens (primary N) is 2. The highest BCUT2D eigenvalue weighted by Crippen LogP contribution is 2.39. The lowest BCUT2D eigenvalue weighted by atomic mass is 9.85. The number of nitrogens with one attached hydrogen (secondary N) is 1. The number of likely N-dealkylation sites (tertiary alicyclic amines) is 1. The van der Waals surface area contributed by atoms with Gasteiger partial charge in [0, 0.05) is 63.6 Å². The van der Waals surface area contributed by atoms with Crippen molar-refractivity contribution in [3.63, 3.8) is 0 Å². The van der Waals surface area contributed by atoms with Gasteiger partial charge in [0.1, 0.15) is 17.3 Å². The maximum atomic E-state index is 14.1. The van der Waals surface area contributed by atoms with Crippen LogP contribution in [-0.2, 0) is 34.3 Å². The van der Waals surface area contributed by atoms with E-state index in [1.807, 2.05) is 66.2 Å². The summed E-state index contributed by atoms with van der Waals surface area (Å²) >= 11 is 0. The van der Waals surface area contributed by atoms with E-state index in [2.05, 4.69) is 15.2 Å². The lowest BCUT2D eigenvalue weighted by Gasteiger charge is -2.44. The highest BCUT2D eigenvalue weighted by Gasteiger charge is 2.54. The van der Waals surface area contributed by atoms with E-state index in [4.69, 9.17) is 16.2 Å². The van der Waals surface area contributed by atoms with Crippen molar-refractivity contribution in [2.45, 2.75) is 43.3 Å². The average molecular weight is 603 g/mol. The van der Waals surface area contributed by atoms with E-state index in [1.54, 1.807) is 29.4 Å². The maximum Gasteiger partial charge on any atom is 0.250 e. The molecule has 2 aromatic carbocycles. The normalized spacial score (nSPS) is 17.5. The fourth-order valence-electron chi connectivity index (χ4n) is 6.22. The number of imidazole rings is 1. The Morgan fingerprint density at radius 1 is 1.07 bits per heavy atom. The molecule has 5 N–H and O–H groups in total. The van der Waals surface area contributed by atoms with Gasteiger partial charge in [0.05, 0.1) is 26.1 Å². The highest BCUT2D eigenvalue weighted by molar-refractivity contribution is 5.94. The summed E-state index contributed by atoms with van der Waals surface area (Å²) in [6.07, 6.45) is 4.84. The Morgan fingerprint density at radius 3 is 2.39 bits per heavy atom. The molecule has 0 aliphatic carbocycles. The van der Waals surface area contributed by atoms with Crippen molar-refractivity contribution in [2.24, 2.45) is 18.5 Å². The van der Waals surface area contributed by atoms with Crippen LogP contribution in [0.15, 0.2) is 67.1 Å². The Morgan fingerprint density at radius 2 is 1.77 bits per heavy atom. The molecular formula is C32H42N8O4. The molecule has 3 aromatic rings. The summed E-state index contributed by atoms with van der Waals surface area (Å²) < 4.78 is 7.09. The van der Waals surface area contributed by atoms with Crippen LogP contribution in [0.5, 0.6) is 5.75 Å². The zero-order valence-corrected chi connectivity index (χ0v) is 25.4. The molecule has 44 heavy (non-hydrogen) atoms. The number of benzene rings is 2. The van der Waals surface area contributed by atoms with Crippen molar-refractivity contribution >= 4 is 23.4 Å². The molecule has 2 fully saturated rings. The van der Waals surface area contributed by atoms with Crippen LogP contribution in [0.1, 0.15) is 24.1 Å². The lowest BCUT2D eigenvalue weighted by molar-refractivity contribution is -0.140. The fraction of sp³-hybridized carbons (Fsp3) is 0.438. The number of carbonyl (C=O) groups is 3. The first-order valence-corrected chi connectivity index (χ1v) is 15.0. The van der Waals surface area contributed by atoms with E-state index in [9.17, 15) is 14.4 Å². The molecule has 1 aromatic heterocycles. The Balaban J connectivity index is 1.33. The molecule has 0 bridgehead atoms. The number of nitrogens with zero attached hydrogens (tertiary/aromatic N) is 5. The molecule has 0 saturated carbocycles. The molecule has 2 aliphatic rings. The second-order valence-corrected chi connectivity index (χ2v) is 11.5. The number of para-hydroxylation sites is 1. The van der Waals surface area contributed by atoms with E-state index in [0.29, 0.717) is 51.4 Å². The summed E-state index contributed by atoms with van der Waals surface area (Å²) in [5, 5.41) is 2.94. The van der Waals surface area contributed by atoms with Gasteiger partial charge in [-0.05, 0) is 42.7 Å². The summed E-state index contributed by atoms with van der Waals surface area (Å²) in [6.45, 7) is 2.06. The van der Waals surface area contributed by atoms with Gasteiger partial charge >= 0.3 is 0 Å². The summed E-state index contributed by atoms with van der Waals surface area (Å²) in [7, 11) is 3.44. The molecule has 1 spiro atoms. The summed E-state index contributed by atoms with van der Waals surface area (Å²) in [5.41, 5.74) is 14.0. The van der Waals surface area contributed by atoms with Crippen molar-refractivity contribution < 1.29 is 19.1 Å². The molecule has 0 unspecified atom stereocenters. The maximum absolute atomic E-state index is 14.1. The molecule has 12 heteroatoms. The number of hydrogen-bond acceptors (Lipinski definition) is 8. The van der Waals surface area contributed by atoms with Crippen molar-refractivity contribution in [3.8, 4) is 5.75 Å². The van der Waals surface area contributed by atoms with Crippen molar-refractivity contribution in [1.29, 1.82) is 0 Å². The zero-order valence-electron chi connectivity index (χ0n) is 25.4. The van der Waals surface area contributed by atoms with Gasteiger partial charge in [-0.25, -0.2) is 4.98 Å². The van der Waals surface area contributed by atoms with Crippen LogP contribution >= 0.6 is 0 Å². The standard InChI is InChI=1S/C32H42N8O4/c1-37-21-35-20-25(37)19-27(34)29(41)36-28(18-23-8-10-26(44-2)11-9-23)30(42)38-15-12-32(13-16-38)31(43)39(17-14-33)22-40(32)24-6-4-3-5-7-24/h3-11,20-21,27-28H,12-19,22,33-34H2,1-2H3,(H,36,41)/t27-,28+/m0/s1. The SMILES string of the molecule is COc1ccc(C[C@@H](NC(=O)[C@@H](N)Cc2cncn2C)C(=O)N2CCC3(CC2)C(=O)N(CCN)CN3c2ccccc2)cc1. The van der Waals surface area contributed by atoms with Crippen LogP contribution in [-0.4, -0.2) is 94.7 Å². The quantitative estimate of drug-likeness (QED) is 0.289. The Bertz CT molecular complexity index is 1440. The van der Waals surface area contributed by atoms with Gasteiger partial charge in [-0.2, -0.15) is 0 Å². The highest BCUT2D eigenvalue weighted by atomic mass is 16.5. The first-order chi connectivity index (χ1) is 21.3. The number of carbonyl (C=O) groups excluding carboxylic acids is 3. The number of aromatic nitrogens is 2. The van der Waals surface area contributed by atoms with Crippen molar-refractivity contribution in [3.05, 3.63) is 78.4 Å². The molecule has 3 amide bonds. The first-order valence-electron chi connectivity index (χ1n) is 15.0. The first kappa shape index (κ1) is 31.0. The Labute approximate surface area is 257 Å². The molecule has 5 rings (SSSR count). The van der Waals surface area contributed by atoms with Gasteiger partial charge in [-0.1, -0.05) is 30.3 Å². The van der Waals surface area contributed by atoms with Gasteiger partial charge in [0.25, 0.3) is 0 Å². The van der Waals surface area contributed by atoms with Crippen LogP contribution in [0.2, 0.25) is 0 Å². The largest absolute Gasteiger partial charge is 0.497 e. The van der Waals surface area contributed by atoms with Gasteiger partial charge in [0.15, 0.2) is 0 Å². The minimum absolute atomic E-state index is 0.0446. The smallest absolute Gasteiger partial charge is 0.250 e. The molecule has 3 heterocycles. The van der Waals surface area contributed by atoms with Gasteiger partial charge in [-0.3, -0.25) is 14.4 Å². The Hall–Kier alpha value is -4.42. The van der Waals surface area contributed by atoms with Crippen LogP contribution in [0, 0.1) is 0 Å². The van der Waals surface area contributed by atoms with Crippen LogP contribution in [0.3, 0.4) is 0 Å². The minimum Gasteiger partial charge on any atom is -0.497 e. The molecule has 2 aliphatic heterocycles. The fourth-order valence-corrected chi connectivity index (χ4v) is 6.22. The third kappa shape index (κ3) is 6.41. The van der Waals surface area contributed by atoms with E-state index >= 15 is 0 Å². The summed E-state index contributed by atoms with van der Waals surface area (Å²) in [4.78, 5) is 50.9. The number of rotatable bonds is 11. The monoisotopic (exact) mass is 602 g/mol. The minimum atomic E-state index is -0.856. The summed E-state index contributed by atoms with van der Waals surface area (Å²) in [5.74, 6) is 0.133. The van der Waals surface area contributed by atoms with E-state index in [1.165, 1.54) is 0 Å². The van der Waals surface area contributed by atoms with Crippen LogP contribution in [0.4, 0.5) is 5.69 Å². The molecule has 12 nitrogen and oxygen atoms in total. The Kier molecular flexibility index (Phi) is 9.50. The van der Waals surface area contributed by atoms with Crippen molar-refractivity contribution in [2.75, 3.05) is 44.9 Å². The number of ether oxygens (including phenoxy) is 1. The molecule has 0 radical (unpaired) electrons. The van der Waals surface area contributed by atoms with Crippen LogP contribution < -0.4 is 26.4 Å². The predicted octanol–water partition coefficient (Wildman–Crippen LogP) is 0.652. The zero-order chi connectivity index (χ0) is 31.3. The third-order valence-electron chi connectivity index (χ3n) is 8.78. The second-order valence-electron chi connectivity index (χ2n) is 11.5. The number of amides is 3. The molecular weight excluding hydrogens is 560 g/mol. The second kappa shape index (κ2) is 13.5. The number of piperidine rings is 1. The van der Waals surface area contributed by atoms with Crippen molar-refractivity contribution in [1.82, 2.24) is 24.7 Å². The van der Waals surface area contributed by atoms with E-state index < -0.39 is 23.5 Å². The topological polar surface area (TPSA) is 152 Å². The number of methoxy groups -OCH3 is 1. The van der Waals surface area contributed by atoms with Gasteiger partial charge in [-0.15, -0.1) is 0 Å². The lowest BCUT2D eigenvalue weighted by Crippen LogP contribution is -2.60. The van der Waals surface area contributed by atoms with Gasteiger partial charge < -0.3 is 40.8 Å².